The molecular weight excluding hydrogens is 502 g/mol. The minimum absolute atomic E-state index is 0.0251. The number of hydrogen-bond donors (Lipinski definition) is 1. The molecule has 1 saturated heterocycles. The third-order valence-electron chi connectivity index (χ3n) is 6.43. The van der Waals surface area contributed by atoms with E-state index >= 15 is 8.78 Å². The maximum atomic E-state index is 16.2. The Kier molecular flexibility index (Phi) is 8.06. The number of carbonyl (C=O) groups is 1. The second-order valence-corrected chi connectivity index (χ2v) is 12.8. The summed E-state index contributed by atoms with van der Waals surface area (Å²) in [7, 11) is -0.0251. The van der Waals surface area contributed by atoms with Crippen molar-refractivity contribution in [3.63, 3.8) is 0 Å². The lowest BCUT2D eigenvalue weighted by Gasteiger charge is -2.43. The molecule has 5 nitrogen and oxygen atoms in total. The van der Waals surface area contributed by atoms with Crippen LogP contribution in [-0.4, -0.2) is 41.0 Å². The lowest BCUT2D eigenvalue weighted by atomic mass is 9.78. The Morgan fingerprint density at radius 2 is 1.45 bits per heavy atom. The van der Waals surface area contributed by atoms with Gasteiger partial charge in [0.2, 0.25) is 9.76 Å². The zero-order chi connectivity index (χ0) is 27.7. The van der Waals surface area contributed by atoms with Crippen LogP contribution in [0.3, 0.4) is 0 Å². The van der Waals surface area contributed by atoms with E-state index in [1.54, 1.807) is 4.90 Å². The van der Waals surface area contributed by atoms with Crippen LogP contribution in [0, 0.1) is 11.6 Å². The van der Waals surface area contributed by atoms with E-state index in [-0.39, 0.29) is 32.7 Å². The summed E-state index contributed by atoms with van der Waals surface area (Å²) in [6, 6.07) is 20.3. The summed E-state index contributed by atoms with van der Waals surface area (Å²) >= 11 is 0. The van der Waals surface area contributed by atoms with Crippen molar-refractivity contribution in [2.24, 2.45) is 5.73 Å². The van der Waals surface area contributed by atoms with Crippen LogP contribution >= 0.6 is 0 Å². The van der Waals surface area contributed by atoms with Crippen molar-refractivity contribution in [3.8, 4) is 0 Å². The molecule has 1 amide bonds. The Bertz CT molecular complexity index is 1230. The van der Waals surface area contributed by atoms with Gasteiger partial charge >= 0.3 is 0 Å². The molecule has 200 valence electrons. The highest BCUT2D eigenvalue weighted by Gasteiger charge is 2.44. The summed E-state index contributed by atoms with van der Waals surface area (Å²) in [5, 5.41) is -0.234. The van der Waals surface area contributed by atoms with E-state index in [4.69, 9.17) is 14.9 Å². The van der Waals surface area contributed by atoms with Gasteiger partial charge in [-0.15, -0.1) is 0 Å². The van der Waals surface area contributed by atoms with Gasteiger partial charge < -0.3 is 19.8 Å². The fraction of sp³-hybridized carbons (Fsp3) is 0.367. The fourth-order valence-corrected chi connectivity index (χ4v) is 5.76. The minimum Gasteiger partial charge on any atom is -0.400 e. The molecule has 3 aromatic carbocycles. The topological polar surface area (TPSA) is 64.8 Å². The summed E-state index contributed by atoms with van der Waals surface area (Å²) in [5.74, 6) is -3.45. The van der Waals surface area contributed by atoms with Gasteiger partial charge in [-0.2, -0.15) is 0 Å². The molecule has 1 aliphatic rings. The molecular formula is C30H34F2N2O3Si. The number of amides is 1. The molecule has 2 radical (unpaired) electrons. The lowest BCUT2D eigenvalue weighted by molar-refractivity contribution is -0.00567. The predicted molar refractivity (Wildman–Crippen MR) is 146 cm³/mol. The van der Waals surface area contributed by atoms with E-state index in [0.29, 0.717) is 18.7 Å². The number of nitrogens with zero attached hydrogens (tertiary/aromatic N) is 1. The van der Waals surface area contributed by atoms with Gasteiger partial charge in [0.1, 0.15) is 5.60 Å². The zero-order valence-corrected chi connectivity index (χ0v) is 23.4. The maximum Gasteiger partial charge on any atom is 0.251 e. The van der Waals surface area contributed by atoms with Crippen molar-refractivity contribution < 1.29 is 22.7 Å². The molecule has 0 aromatic heterocycles. The molecule has 8 heteroatoms. The highest BCUT2D eigenvalue weighted by Crippen LogP contribution is 2.47. The molecule has 0 aliphatic carbocycles. The third kappa shape index (κ3) is 5.53. The van der Waals surface area contributed by atoms with Gasteiger partial charge in [0.05, 0.1) is 23.5 Å². The van der Waals surface area contributed by atoms with Gasteiger partial charge in [-0.05, 0) is 36.1 Å². The van der Waals surface area contributed by atoms with Crippen LogP contribution < -0.4 is 10.6 Å². The normalized spacial score (nSPS) is 18.4. The highest BCUT2D eigenvalue weighted by atomic mass is 28.2. The van der Waals surface area contributed by atoms with Crippen LogP contribution in [0.4, 0.5) is 14.5 Å². The standard InChI is InChI=1S/C30H34F2N2O3Si/c1-19-17-34(18-20(2)36-19)27-24(16-23(28(33)35)25(31)26(27)32)30(37-38-29(3,4)5,21-12-8-6-9-13-21)22-14-10-7-11-15-22/h6-16,19-20H,17-18H2,1-5H3,(H2,33,35). The molecule has 0 bridgehead atoms. The van der Waals surface area contributed by atoms with Crippen LogP contribution in [-0.2, 0) is 14.8 Å². The Morgan fingerprint density at radius 1 is 0.947 bits per heavy atom. The quantitative estimate of drug-likeness (QED) is 0.305. The second kappa shape index (κ2) is 11.0. The summed E-state index contributed by atoms with van der Waals surface area (Å²) < 4.78 is 44.5. The summed E-state index contributed by atoms with van der Waals surface area (Å²) in [6.45, 7) is 10.6. The first-order valence-electron chi connectivity index (χ1n) is 12.7. The van der Waals surface area contributed by atoms with Gasteiger partial charge in [0.25, 0.3) is 5.91 Å². The number of hydrogen-bond acceptors (Lipinski definition) is 4. The van der Waals surface area contributed by atoms with E-state index in [9.17, 15) is 4.79 Å². The van der Waals surface area contributed by atoms with Crippen LogP contribution in [0.5, 0.6) is 0 Å². The number of nitrogens with two attached hydrogens (primary N) is 1. The molecule has 1 aliphatic heterocycles. The maximum absolute atomic E-state index is 16.2. The smallest absolute Gasteiger partial charge is 0.251 e. The molecule has 0 spiro atoms. The average molecular weight is 537 g/mol. The summed E-state index contributed by atoms with van der Waals surface area (Å²) in [6.07, 6.45) is -0.435. The van der Waals surface area contributed by atoms with Crippen molar-refractivity contribution >= 4 is 21.4 Å². The SMILES string of the molecule is CC1CN(c2c(C(O[Si]C(C)(C)C)(c3ccccc3)c3ccccc3)cc(C(N)=O)c(F)c2F)CC(C)O1. The Balaban J connectivity index is 2.14. The highest BCUT2D eigenvalue weighted by molar-refractivity contribution is 6.32. The number of rotatable bonds is 7. The van der Waals surface area contributed by atoms with Gasteiger partial charge in [-0.1, -0.05) is 81.4 Å². The molecule has 0 saturated carbocycles. The van der Waals surface area contributed by atoms with Crippen LogP contribution in [0.25, 0.3) is 0 Å². The Labute approximate surface area is 225 Å². The number of benzene rings is 3. The van der Waals surface area contributed by atoms with Gasteiger partial charge in [-0.25, -0.2) is 8.78 Å². The number of ether oxygens (including phenoxy) is 1. The van der Waals surface area contributed by atoms with E-state index in [1.807, 2.05) is 74.5 Å². The molecule has 4 rings (SSSR count). The molecule has 1 heterocycles. The van der Waals surface area contributed by atoms with Crippen molar-refractivity contribution in [1.29, 1.82) is 0 Å². The van der Waals surface area contributed by atoms with Gasteiger partial charge in [-0.3, -0.25) is 4.79 Å². The molecule has 2 atom stereocenters. The molecule has 2 N–H and O–H groups in total. The molecule has 2 unspecified atom stereocenters. The first-order chi connectivity index (χ1) is 17.9. The van der Waals surface area contributed by atoms with Gasteiger partial charge in [0.15, 0.2) is 11.6 Å². The van der Waals surface area contributed by atoms with Crippen molar-refractivity contribution in [2.45, 2.75) is 57.5 Å². The Hall–Kier alpha value is -3.07. The summed E-state index contributed by atoms with van der Waals surface area (Å²) in [5.41, 5.74) is 5.49. The van der Waals surface area contributed by atoms with E-state index in [0.717, 1.165) is 11.1 Å². The third-order valence-corrected chi connectivity index (χ3v) is 7.45. The van der Waals surface area contributed by atoms with Crippen molar-refractivity contribution in [3.05, 3.63) is 101 Å². The predicted octanol–water partition coefficient (Wildman–Crippen LogP) is 5.82. The molecule has 3 aromatic rings. The second-order valence-electron chi connectivity index (χ2n) is 10.8. The van der Waals surface area contributed by atoms with Crippen molar-refractivity contribution in [2.75, 3.05) is 18.0 Å². The van der Waals surface area contributed by atoms with Crippen LogP contribution in [0.15, 0.2) is 66.7 Å². The first-order valence-corrected chi connectivity index (χ1v) is 13.6. The lowest BCUT2D eigenvalue weighted by Crippen LogP contribution is -2.48. The van der Waals surface area contributed by atoms with Crippen LogP contribution in [0.2, 0.25) is 5.04 Å². The number of carbonyl (C=O) groups excluding carboxylic acids is 1. The summed E-state index contributed by atoms with van der Waals surface area (Å²) in [4.78, 5) is 14.2. The zero-order valence-electron chi connectivity index (χ0n) is 22.4. The monoisotopic (exact) mass is 536 g/mol. The van der Waals surface area contributed by atoms with Gasteiger partial charge in [0, 0.05) is 18.7 Å². The fourth-order valence-electron chi connectivity index (χ4n) is 4.96. The number of morpholine rings is 1. The van der Waals surface area contributed by atoms with E-state index in [2.05, 4.69) is 20.8 Å². The minimum atomic E-state index is -1.37. The number of primary amides is 1. The largest absolute Gasteiger partial charge is 0.400 e. The number of anilines is 1. The Morgan fingerprint density at radius 3 is 1.89 bits per heavy atom. The first kappa shape index (κ1) is 27.9. The number of halogens is 2. The van der Waals surface area contributed by atoms with E-state index in [1.165, 1.54) is 6.07 Å². The molecule has 1 fully saturated rings. The van der Waals surface area contributed by atoms with E-state index < -0.39 is 28.7 Å². The van der Waals surface area contributed by atoms with Crippen molar-refractivity contribution in [1.82, 2.24) is 0 Å². The average Bonchev–Trinajstić information content (AvgIpc) is 2.86. The molecule has 38 heavy (non-hydrogen) atoms. The van der Waals surface area contributed by atoms with Crippen LogP contribution in [0.1, 0.15) is 61.7 Å².